The molecule has 0 aliphatic carbocycles. The van der Waals surface area contributed by atoms with Gasteiger partial charge in [0.1, 0.15) is 24.2 Å². The number of sulfonamides is 1. The first-order valence-corrected chi connectivity index (χ1v) is 14.1. The topological polar surface area (TPSA) is 96.0 Å². The lowest BCUT2D eigenvalue weighted by Crippen LogP contribution is -2.51. The first-order chi connectivity index (χ1) is 18.6. The quantitative estimate of drug-likeness (QED) is 0.360. The molecule has 0 unspecified atom stereocenters. The van der Waals surface area contributed by atoms with Gasteiger partial charge in [0.25, 0.3) is 10.0 Å². The third-order valence-corrected chi connectivity index (χ3v) is 7.93. The molecule has 3 aromatic rings. The smallest absolute Gasteiger partial charge is 0.264 e. The van der Waals surface area contributed by atoms with Gasteiger partial charge in [0, 0.05) is 18.7 Å². The number of benzene rings is 3. The summed E-state index contributed by atoms with van der Waals surface area (Å²) in [6, 6.07) is 17.6. The summed E-state index contributed by atoms with van der Waals surface area (Å²) in [5.41, 5.74) is 1.40. The average molecular weight is 556 g/mol. The number of hydrogen-bond acceptors (Lipinski definition) is 5. The lowest BCUT2D eigenvalue weighted by atomic mass is 10.1. The number of anilines is 1. The largest absolute Gasteiger partial charge is 0.494 e. The highest BCUT2D eigenvalue weighted by Crippen LogP contribution is 2.26. The van der Waals surface area contributed by atoms with Gasteiger partial charge in [0.15, 0.2) is 0 Å². The molecule has 0 aliphatic rings. The number of nitrogens with zero attached hydrogens (tertiary/aromatic N) is 2. The summed E-state index contributed by atoms with van der Waals surface area (Å²) in [6.07, 6.45) is 0. The summed E-state index contributed by atoms with van der Waals surface area (Å²) < 4.78 is 48.6. The summed E-state index contributed by atoms with van der Waals surface area (Å²) in [5, 5.41) is 2.67. The van der Waals surface area contributed by atoms with E-state index < -0.39 is 40.2 Å². The molecular weight excluding hydrogens is 521 g/mol. The summed E-state index contributed by atoms with van der Waals surface area (Å²) in [7, 11) is -4.21. The van der Waals surface area contributed by atoms with Crippen LogP contribution in [0.15, 0.2) is 77.7 Å². The number of amides is 2. The molecule has 39 heavy (non-hydrogen) atoms. The van der Waals surface area contributed by atoms with Crippen molar-refractivity contribution in [1.82, 2.24) is 10.2 Å². The Morgan fingerprint density at radius 3 is 2.21 bits per heavy atom. The maximum absolute atomic E-state index is 14.5. The minimum atomic E-state index is -4.21. The lowest BCUT2D eigenvalue weighted by molar-refractivity contribution is -0.139. The Hall–Kier alpha value is -3.92. The van der Waals surface area contributed by atoms with Crippen LogP contribution in [0.4, 0.5) is 10.1 Å². The van der Waals surface area contributed by atoms with Crippen molar-refractivity contribution >= 4 is 27.5 Å². The third kappa shape index (κ3) is 7.35. The monoisotopic (exact) mass is 555 g/mol. The number of ether oxygens (including phenoxy) is 1. The molecule has 8 nitrogen and oxygen atoms in total. The molecule has 0 fully saturated rings. The van der Waals surface area contributed by atoms with Crippen molar-refractivity contribution in [3.05, 3.63) is 89.7 Å². The molecule has 0 saturated heterocycles. The predicted molar refractivity (Wildman–Crippen MR) is 148 cm³/mol. The molecule has 0 bridgehead atoms. The van der Waals surface area contributed by atoms with E-state index in [1.165, 1.54) is 42.2 Å². The van der Waals surface area contributed by atoms with Gasteiger partial charge in [-0.25, -0.2) is 12.8 Å². The van der Waals surface area contributed by atoms with Crippen molar-refractivity contribution in [2.24, 2.45) is 0 Å². The second-order valence-corrected chi connectivity index (χ2v) is 10.8. The standard InChI is InChI=1S/C29H34FN3O5S/c1-5-31-29(35)22(4)32(19-23-9-7-8-10-27(23)30)28(34)20-33(24-13-11-21(3)12-14-24)39(36,37)26-17-15-25(16-18-26)38-6-2/h7-18,22H,5-6,19-20H2,1-4H3,(H,31,35)/t22-/m0/s1. The Balaban J connectivity index is 2.02. The van der Waals surface area contributed by atoms with Crippen LogP contribution in [0.3, 0.4) is 0 Å². The Morgan fingerprint density at radius 2 is 1.62 bits per heavy atom. The van der Waals surface area contributed by atoms with Gasteiger partial charge < -0.3 is 15.0 Å². The second-order valence-electron chi connectivity index (χ2n) is 8.94. The van der Waals surface area contributed by atoms with Gasteiger partial charge in [-0.15, -0.1) is 0 Å². The summed E-state index contributed by atoms with van der Waals surface area (Å²) in [5.74, 6) is -1.11. The van der Waals surface area contributed by atoms with Crippen molar-refractivity contribution in [2.45, 2.75) is 45.2 Å². The predicted octanol–water partition coefficient (Wildman–Crippen LogP) is 4.28. The molecule has 2 amide bonds. The van der Waals surface area contributed by atoms with Gasteiger partial charge in [0.2, 0.25) is 11.8 Å². The maximum atomic E-state index is 14.5. The van der Waals surface area contributed by atoms with Gasteiger partial charge in [-0.3, -0.25) is 13.9 Å². The van der Waals surface area contributed by atoms with E-state index in [1.54, 1.807) is 49.4 Å². The summed E-state index contributed by atoms with van der Waals surface area (Å²) in [6.45, 7) is 6.92. The molecule has 0 radical (unpaired) electrons. The molecule has 10 heteroatoms. The van der Waals surface area contributed by atoms with Crippen molar-refractivity contribution in [3.63, 3.8) is 0 Å². The zero-order valence-electron chi connectivity index (χ0n) is 22.6. The summed E-state index contributed by atoms with van der Waals surface area (Å²) in [4.78, 5) is 27.7. The van der Waals surface area contributed by atoms with E-state index in [9.17, 15) is 22.4 Å². The van der Waals surface area contributed by atoms with Crippen molar-refractivity contribution in [3.8, 4) is 5.75 Å². The van der Waals surface area contributed by atoms with E-state index in [-0.39, 0.29) is 22.7 Å². The fourth-order valence-electron chi connectivity index (χ4n) is 3.96. The zero-order valence-corrected chi connectivity index (χ0v) is 23.4. The van der Waals surface area contributed by atoms with E-state index >= 15 is 0 Å². The van der Waals surface area contributed by atoms with E-state index in [0.29, 0.717) is 18.9 Å². The van der Waals surface area contributed by atoms with Crippen LogP contribution in [0.2, 0.25) is 0 Å². The number of nitrogens with one attached hydrogen (secondary N) is 1. The minimum Gasteiger partial charge on any atom is -0.494 e. The first-order valence-electron chi connectivity index (χ1n) is 12.7. The van der Waals surface area contributed by atoms with Crippen molar-refractivity contribution in [2.75, 3.05) is 24.0 Å². The number of rotatable bonds is 12. The van der Waals surface area contributed by atoms with Gasteiger partial charge in [-0.05, 0) is 70.2 Å². The molecular formula is C29H34FN3O5S. The Bertz CT molecular complexity index is 1380. The van der Waals surface area contributed by atoms with Gasteiger partial charge >= 0.3 is 0 Å². The van der Waals surface area contributed by atoms with Crippen LogP contribution in [0.1, 0.15) is 31.9 Å². The van der Waals surface area contributed by atoms with E-state index in [4.69, 9.17) is 4.74 Å². The summed E-state index contributed by atoms with van der Waals surface area (Å²) >= 11 is 0. The number of carbonyl (C=O) groups is 2. The van der Waals surface area contributed by atoms with Crippen LogP contribution in [0.5, 0.6) is 5.75 Å². The highest BCUT2D eigenvalue weighted by molar-refractivity contribution is 7.92. The number of likely N-dealkylation sites (N-methyl/N-ethyl adjacent to an activating group) is 1. The van der Waals surface area contributed by atoms with Gasteiger partial charge in [0.05, 0.1) is 17.2 Å². The fourth-order valence-corrected chi connectivity index (χ4v) is 5.37. The molecule has 0 heterocycles. The SMILES string of the molecule is CCNC(=O)[C@H](C)N(Cc1ccccc1F)C(=O)CN(c1ccc(C)cc1)S(=O)(=O)c1ccc(OCC)cc1. The normalized spacial score (nSPS) is 11.9. The first kappa shape index (κ1) is 29.6. The van der Waals surface area contributed by atoms with Crippen LogP contribution in [-0.2, 0) is 26.2 Å². The number of hydrogen-bond donors (Lipinski definition) is 1. The lowest BCUT2D eigenvalue weighted by Gasteiger charge is -2.32. The molecule has 0 saturated carbocycles. The highest BCUT2D eigenvalue weighted by Gasteiger charge is 2.32. The fraction of sp³-hybridized carbons (Fsp3) is 0.310. The maximum Gasteiger partial charge on any atom is 0.264 e. The molecule has 1 N–H and O–H groups in total. The van der Waals surface area contributed by atoms with Crippen LogP contribution in [0, 0.1) is 12.7 Å². The molecule has 3 aromatic carbocycles. The molecule has 208 valence electrons. The molecule has 0 spiro atoms. The van der Waals surface area contributed by atoms with Gasteiger partial charge in [-0.1, -0.05) is 35.9 Å². The second kappa shape index (κ2) is 13.2. The molecule has 0 aromatic heterocycles. The molecule has 1 atom stereocenters. The van der Waals surface area contributed by atoms with Crippen LogP contribution >= 0.6 is 0 Å². The Labute approximate surface area is 229 Å². The zero-order chi connectivity index (χ0) is 28.6. The van der Waals surface area contributed by atoms with Crippen LogP contribution in [-0.4, -0.2) is 50.9 Å². The third-order valence-electron chi connectivity index (χ3n) is 6.14. The minimum absolute atomic E-state index is 0.0308. The van der Waals surface area contributed by atoms with Gasteiger partial charge in [-0.2, -0.15) is 0 Å². The van der Waals surface area contributed by atoms with Crippen molar-refractivity contribution in [1.29, 1.82) is 0 Å². The molecule has 0 aliphatic heterocycles. The van der Waals surface area contributed by atoms with Crippen LogP contribution in [0.25, 0.3) is 0 Å². The van der Waals surface area contributed by atoms with E-state index in [0.717, 1.165) is 9.87 Å². The Morgan fingerprint density at radius 1 is 0.974 bits per heavy atom. The van der Waals surface area contributed by atoms with E-state index in [2.05, 4.69) is 5.32 Å². The van der Waals surface area contributed by atoms with E-state index in [1.807, 2.05) is 13.8 Å². The number of carbonyl (C=O) groups excluding carboxylic acids is 2. The highest BCUT2D eigenvalue weighted by atomic mass is 32.2. The Kier molecular flexibility index (Phi) is 10.1. The van der Waals surface area contributed by atoms with Crippen LogP contribution < -0.4 is 14.4 Å². The number of aryl methyl sites for hydroxylation is 1. The average Bonchev–Trinajstić information content (AvgIpc) is 2.92. The number of halogens is 1. The molecule has 3 rings (SSSR count). The van der Waals surface area contributed by atoms with Crippen molar-refractivity contribution < 1.29 is 27.1 Å².